The molecular weight excluding hydrogens is 496 g/mol. The van der Waals surface area contributed by atoms with Gasteiger partial charge in [-0.3, -0.25) is 9.10 Å². The molecule has 0 saturated carbocycles. The lowest BCUT2D eigenvalue weighted by molar-refractivity contribution is -0.121. The van der Waals surface area contributed by atoms with Crippen molar-refractivity contribution in [1.29, 1.82) is 0 Å². The number of ether oxygens (including phenoxy) is 1. The number of nitrogens with one attached hydrogen (secondary N) is 1. The molecule has 4 rings (SSSR count). The molecule has 38 heavy (non-hydrogen) atoms. The summed E-state index contributed by atoms with van der Waals surface area (Å²) in [6.45, 7) is 9.93. The molecule has 7 heteroatoms. The van der Waals surface area contributed by atoms with Crippen LogP contribution in [0.1, 0.15) is 75.6 Å². The van der Waals surface area contributed by atoms with Gasteiger partial charge in [-0.2, -0.15) is 0 Å². The van der Waals surface area contributed by atoms with Crippen molar-refractivity contribution < 1.29 is 17.9 Å². The van der Waals surface area contributed by atoms with Gasteiger partial charge in [-0.15, -0.1) is 0 Å². The van der Waals surface area contributed by atoms with Crippen LogP contribution in [-0.2, 0) is 14.8 Å². The number of anilines is 1. The third kappa shape index (κ3) is 5.73. The third-order valence-electron chi connectivity index (χ3n) is 7.56. The lowest BCUT2D eigenvalue weighted by Crippen LogP contribution is -2.47. The first-order chi connectivity index (χ1) is 18.1. The van der Waals surface area contributed by atoms with Gasteiger partial charge in [0.15, 0.2) is 0 Å². The minimum absolute atomic E-state index is 0.149. The van der Waals surface area contributed by atoms with Gasteiger partial charge in [-0.1, -0.05) is 75.7 Å². The highest BCUT2D eigenvalue weighted by Gasteiger charge is 2.39. The number of sulfonamides is 1. The van der Waals surface area contributed by atoms with E-state index in [1.165, 1.54) is 4.31 Å². The Kier molecular flexibility index (Phi) is 8.16. The van der Waals surface area contributed by atoms with Crippen molar-refractivity contribution in [2.75, 3.05) is 10.8 Å². The maximum atomic E-state index is 13.8. The smallest absolute Gasteiger partial charge is 0.264 e. The van der Waals surface area contributed by atoms with Crippen LogP contribution in [0.2, 0.25) is 0 Å². The molecule has 0 saturated heterocycles. The number of carbonyl (C=O) groups is 1. The summed E-state index contributed by atoms with van der Waals surface area (Å²) in [4.78, 5) is 13.7. The van der Waals surface area contributed by atoms with Gasteiger partial charge in [-0.05, 0) is 61.6 Å². The van der Waals surface area contributed by atoms with Gasteiger partial charge in [0, 0.05) is 12.0 Å². The summed E-state index contributed by atoms with van der Waals surface area (Å²) in [5.41, 5.74) is 3.04. The number of hydrogen-bond donors (Lipinski definition) is 1. The summed E-state index contributed by atoms with van der Waals surface area (Å²) in [6.07, 6.45) is 2.23. The zero-order valence-corrected chi connectivity index (χ0v) is 23.7. The molecular formula is C31H38N2O4S. The molecule has 0 fully saturated rings. The summed E-state index contributed by atoms with van der Waals surface area (Å²) in [6, 6.07) is 21.6. The molecule has 0 aliphatic carbocycles. The lowest BCUT2D eigenvalue weighted by atomic mass is 9.83. The van der Waals surface area contributed by atoms with Crippen molar-refractivity contribution in [1.82, 2.24) is 5.32 Å². The lowest BCUT2D eigenvalue weighted by Gasteiger charge is -2.41. The second kappa shape index (κ2) is 11.2. The summed E-state index contributed by atoms with van der Waals surface area (Å²) in [7, 11) is -3.98. The molecule has 3 aromatic carbocycles. The molecule has 0 aromatic heterocycles. The van der Waals surface area contributed by atoms with E-state index in [1.54, 1.807) is 36.4 Å². The number of amides is 1. The van der Waals surface area contributed by atoms with Crippen molar-refractivity contribution in [3.63, 3.8) is 0 Å². The Morgan fingerprint density at radius 3 is 2.24 bits per heavy atom. The van der Waals surface area contributed by atoms with Gasteiger partial charge in [0.05, 0.1) is 16.6 Å². The highest BCUT2D eigenvalue weighted by molar-refractivity contribution is 7.92. The quantitative estimate of drug-likeness (QED) is 0.339. The van der Waals surface area contributed by atoms with Gasteiger partial charge in [0.2, 0.25) is 5.91 Å². The summed E-state index contributed by atoms with van der Waals surface area (Å²) in [5.74, 6) is 0.707. The van der Waals surface area contributed by atoms with Crippen molar-refractivity contribution in [3.8, 4) is 5.75 Å². The molecule has 1 aliphatic heterocycles. The number of carbonyl (C=O) groups excluding carboxylic acids is 1. The van der Waals surface area contributed by atoms with Crippen molar-refractivity contribution in [2.24, 2.45) is 0 Å². The Hall–Kier alpha value is -3.32. The predicted molar refractivity (Wildman–Crippen MR) is 152 cm³/mol. The van der Waals surface area contributed by atoms with E-state index in [0.29, 0.717) is 18.0 Å². The Morgan fingerprint density at radius 2 is 1.63 bits per heavy atom. The first kappa shape index (κ1) is 27.7. The fourth-order valence-corrected chi connectivity index (χ4v) is 6.40. The summed E-state index contributed by atoms with van der Waals surface area (Å²) in [5, 5.41) is 3.14. The van der Waals surface area contributed by atoms with Gasteiger partial charge in [0.1, 0.15) is 17.9 Å². The van der Waals surface area contributed by atoms with E-state index in [4.69, 9.17) is 4.74 Å². The minimum atomic E-state index is -3.98. The fraction of sp³-hybridized carbons (Fsp3) is 0.387. The highest BCUT2D eigenvalue weighted by atomic mass is 32.2. The van der Waals surface area contributed by atoms with Crippen LogP contribution >= 0.6 is 0 Å². The molecule has 0 bridgehead atoms. The van der Waals surface area contributed by atoms with E-state index in [1.807, 2.05) is 43.3 Å². The van der Waals surface area contributed by atoms with E-state index >= 15 is 0 Å². The number of rotatable bonds is 9. The number of aryl methyl sites for hydroxylation is 1. The van der Waals surface area contributed by atoms with E-state index in [2.05, 4.69) is 33.0 Å². The maximum Gasteiger partial charge on any atom is 0.264 e. The molecule has 1 atom stereocenters. The number of hydrogen-bond acceptors (Lipinski definition) is 4. The molecule has 1 amide bonds. The first-order valence-electron chi connectivity index (χ1n) is 13.3. The predicted octanol–water partition coefficient (Wildman–Crippen LogP) is 6.51. The van der Waals surface area contributed by atoms with Crippen LogP contribution in [-0.4, -0.2) is 26.5 Å². The van der Waals surface area contributed by atoms with Gasteiger partial charge in [-0.25, -0.2) is 8.42 Å². The Balaban J connectivity index is 1.66. The SMILES string of the molecule is CCC1(CC)C[C@H](NC(=O)CN(c2ccc(C(C)C)cc2)S(=O)(=O)c2ccc(C)cc2)c2ccccc2O1. The Labute approximate surface area is 227 Å². The highest BCUT2D eigenvalue weighted by Crippen LogP contribution is 2.42. The normalized spacial score (nSPS) is 16.4. The van der Waals surface area contributed by atoms with Crippen LogP contribution in [0.5, 0.6) is 5.75 Å². The number of nitrogens with zero attached hydrogens (tertiary/aromatic N) is 1. The van der Waals surface area contributed by atoms with Crippen LogP contribution in [0.4, 0.5) is 5.69 Å². The van der Waals surface area contributed by atoms with Crippen LogP contribution in [0.25, 0.3) is 0 Å². The second-order valence-corrected chi connectivity index (χ2v) is 12.3. The van der Waals surface area contributed by atoms with Gasteiger partial charge < -0.3 is 10.1 Å². The van der Waals surface area contributed by atoms with Crippen LogP contribution in [0.3, 0.4) is 0 Å². The molecule has 0 spiro atoms. The third-order valence-corrected chi connectivity index (χ3v) is 9.35. The molecule has 6 nitrogen and oxygen atoms in total. The van der Waals surface area contributed by atoms with E-state index < -0.39 is 10.0 Å². The van der Waals surface area contributed by atoms with Crippen molar-refractivity contribution in [3.05, 3.63) is 89.5 Å². The largest absolute Gasteiger partial charge is 0.487 e. The Morgan fingerprint density at radius 1 is 1.00 bits per heavy atom. The zero-order chi connectivity index (χ0) is 27.5. The molecule has 3 aromatic rings. The molecule has 1 N–H and O–H groups in total. The topological polar surface area (TPSA) is 75.7 Å². The van der Waals surface area contributed by atoms with E-state index in [0.717, 1.165) is 35.3 Å². The standard InChI is InChI=1S/C31H38N2O4S/c1-6-31(7-2)20-28(27-10-8-9-11-29(27)37-31)32-30(34)21-33(25-16-14-24(15-17-25)22(3)4)38(35,36)26-18-12-23(5)13-19-26/h8-19,22,28H,6-7,20-21H2,1-5H3,(H,32,34)/t28-/m0/s1. The minimum Gasteiger partial charge on any atom is -0.487 e. The Bertz CT molecular complexity index is 1360. The first-order valence-corrected chi connectivity index (χ1v) is 14.8. The van der Waals surface area contributed by atoms with E-state index in [-0.39, 0.29) is 29.0 Å². The van der Waals surface area contributed by atoms with Crippen LogP contribution < -0.4 is 14.4 Å². The van der Waals surface area contributed by atoms with E-state index in [9.17, 15) is 13.2 Å². The maximum absolute atomic E-state index is 13.8. The number of fused-ring (bicyclic) bond motifs is 1. The molecule has 0 radical (unpaired) electrons. The van der Waals surface area contributed by atoms with Crippen LogP contribution in [0.15, 0.2) is 77.7 Å². The summed E-state index contributed by atoms with van der Waals surface area (Å²) < 4.78 is 35.2. The number of benzene rings is 3. The zero-order valence-electron chi connectivity index (χ0n) is 22.9. The average Bonchev–Trinajstić information content (AvgIpc) is 2.91. The van der Waals surface area contributed by atoms with Crippen LogP contribution in [0, 0.1) is 6.92 Å². The van der Waals surface area contributed by atoms with Gasteiger partial charge >= 0.3 is 0 Å². The second-order valence-electron chi connectivity index (χ2n) is 10.4. The average molecular weight is 535 g/mol. The molecule has 1 heterocycles. The molecule has 1 aliphatic rings. The fourth-order valence-electron chi connectivity index (χ4n) is 4.98. The van der Waals surface area contributed by atoms with Crippen molar-refractivity contribution in [2.45, 2.75) is 76.3 Å². The molecule has 0 unspecified atom stereocenters. The monoisotopic (exact) mass is 534 g/mol. The summed E-state index contributed by atoms with van der Waals surface area (Å²) >= 11 is 0. The number of para-hydroxylation sites is 1. The van der Waals surface area contributed by atoms with Gasteiger partial charge in [0.25, 0.3) is 10.0 Å². The molecule has 202 valence electrons. The van der Waals surface area contributed by atoms with Crippen molar-refractivity contribution >= 4 is 21.6 Å².